The normalized spacial score (nSPS) is 16.6. The fourth-order valence-electron chi connectivity index (χ4n) is 3.27. The smallest absolute Gasteiger partial charge is 0.312 e. The predicted octanol–water partition coefficient (Wildman–Crippen LogP) is 3.06. The van der Waals surface area contributed by atoms with Gasteiger partial charge in [-0.15, -0.1) is 0 Å². The Labute approximate surface area is 141 Å². The second-order valence-corrected chi connectivity index (χ2v) is 6.47. The first kappa shape index (κ1) is 16.2. The van der Waals surface area contributed by atoms with Gasteiger partial charge in [0.2, 0.25) is 5.91 Å². The minimum absolute atomic E-state index is 0.0237. The zero-order chi connectivity index (χ0) is 17.3. The van der Waals surface area contributed by atoms with E-state index in [0.29, 0.717) is 13.0 Å². The molecule has 1 aliphatic heterocycles. The SMILES string of the molecule is Cc1ccc(C)c(CC(=O)N2Cc3ccccc3C(C(=O)O)C2)c1. The van der Waals surface area contributed by atoms with Gasteiger partial charge in [0, 0.05) is 13.1 Å². The highest BCUT2D eigenvalue weighted by molar-refractivity contribution is 5.83. The summed E-state index contributed by atoms with van der Waals surface area (Å²) in [5.74, 6) is -1.56. The standard InChI is InChI=1S/C20H21NO3/c1-13-7-8-14(2)16(9-13)10-19(22)21-11-15-5-3-4-6-17(15)18(12-21)20(23)24/h3-9,18H,10-12H2,1-2H3,(H,23,24). The van der Waals surface area contributed by atoms with Crippen LogP contribution in [0.15, 0.2) is 42.5 Å². The number of aliphatic carboxylic acids is 1. The van der Waals surface area contributed by atoms with Crippen LogP contribution in [0.2, 0.25) is 0 Å². The van der Waals surface area contributed by atoms with E-state index >= 15 is 0 Å². The Bertz CT molecular complexity index is 797. The van der Waals surface area contributed by atoms with Crippen LogP contribution in [0.3, 0.4) is 0 Å². The Balaban J connectivity index is 1.84. The van der Waals surface area contributed by atoms with Gasteiger partial charge in [-0.05, 0) is 36.1 Å². The molecule has 1 heterocycles. The molecule has 1 unspecified atom stereocenters. The molecule has 0 aliphatic carbocycles. The third-order valence-electron chi connectivity index (χ3n) is 4.69. The highest BCUT2D eigenvalue weighted by Crippen LogP contribution is 2.29. The molecular formula is C20H21NO3. The molecule has 0 bridgehead atoms. The zero-order valence-corrected chi connectivity index (χ0v) is 14.0. The van der Waals surface area contributed by atoms with Crippen molar-refractivity contribution >= 4 is 11.9 Å². The molecule has 1 atom stereocenters. The minimum Gasteiger partial charge on any atom is -0.481 e. The highest BCUT2D eigenvalue weighted by atomic mass is 16.4. The second-order valence-electron chi connectivity index (χ2n) is 6.47. The molecule has 2 aromatic carbocycles. The van der Waals surface area contributed by atoms with E-state index < -0.39 is 11.9 Å². The minimum atomic E-state index is -0.883. The Hall–Kier alpha value is -2.62. The molecule has 0 fully saturated rings. The van der Waals surface area contributed by atoms with Crippen molar-refractivity contribution < 1.29 is 14.7 Å². The van der Waals surface area contributed by atoms with Crippen molar-refractivity contribution in [3.63, 3.8) is 0 Å². The van der Waals surface area contributed by atoms with Crippen LogP contribution in [0.25, 0.3) is 0 Å². The number of nitrogens with zero attached hydrogens (tertiary/aromatic N) is 1. The first-order chi connectivity index (χ1) is 11.5. The Morgan fingerprint density at radius 2 is 1.92 bits per heavy atom. The van der Waals surface area contributed by atoms with Gasteiger partial charge in [0.25, 0.3) is 0 Å². The van der Waals surface area contributed by atoms with Crippen molar-refractivity contribution in [2.45, 2.75) is 32.7 Å². The maximum Gasteiger partial charge on any atom is 0.312 e. The molecule has 24 heavy (non-hydrogen) atoms. The molecular weight excluding hydrogens is 302 g/mol. The summed E-state index contributed by atoms with van der Waals surface area (Å²) in [6.07, 6.45) is 0.308. The lowest BCUT2D eigenvalue weighted by Crippen LogP contribution is -2.41. The largest absolute Gasteiger partial charge is 0.481 e. The van der Waals surface area contributed by atoms with Crippen LogP contribution < -0.4 is 0 Å². The van der Waals surface area contributed by atoms with Gasteiger partial charge in [-0.3, -0.25) is 9.59 Å². The van der Waals surface area contributed by atoms with Crippen LogP contribution in [-0.2, 0) is 22.6 Å². The van der Waals surface area contributed by atoms with E-state index in [0.717, 1.165) is 27.8 Å². The number of hydrogen-bond donors (Lipinski definition) is 1. The molecule has 1 amide bonds. The third-order valence-corrected chi connectivity index (χ3v) is 4.69. The maximum atomic E-state index is 12.7. The van der Waals surface area contributed by atoms with E-state index in [9.17, 15) is 14.7 Å². The first-order valence-electron chi connectivity index (χ1n) is 8.10. The lowest BCUT2D eigenvalue weighted by Gasteiger charge is -2.33. The molecule has 0 aromatic heterocycles. The zero-order valence-electron chi connectivity index (χ0n) is 14.0. The van der Waals surface area contributed by atoms with Gasteiger partial charge in [-0.1, -0.05) is 48.0 Å². The van der Waals surface area contributed by atoms with E-state index in [1.165, 1.54) is 0 Å². The number of carboxylic acids is 1. The number of hydrogen-bond acceptors (Lipinski definition) is 2. The maximum absolute atomic E-state index is 12.7. The Kier molecular flexibility index (Phi) is 4.38. The molecule has 4 heteroatoms. The summed E-state index contributed by atoms with van der Waals surface area (Å²) in [6, 6.07) is 13.6. The number of fused-ring (bicyclic) bond motifs is 1. The molecule has 0 spiro atoms. The van der Waals surface area contributed by atoms with Crippen molar-refractivity contribution in [2.24, 2.45) is 0 Å². The highest BCUT2D eigenvalue weighted by Gasteiger charge is 2.32. The number of aryl methyl sites for hydroxylation is 2. The molecule has 0 radical (unpaired) electrons. The molecule has 1 aliphatic rings. The van der Waals surface area contributed by atoms with Crippen LogP contribution in [-0.4, -0.2) is 28.4 Å². The van der Waals surface area contributed by atoms with Crippen molar-refractivity contribution in [2.75, 3.05) is 6.54 Å². The van der Waals surface area contributed by atoms with Crippen molar-refractivity contribution in [3.8, 4) is 0 Å². The number of carboxylic acid groups (broad SMARTS) is 1. The van der Waals surface area contributed by atoms with Crippen LogP contribution in [0.1, 0.15) is 33.7 Å². The lowest BCUT2D eigenvalue weighted by molar-refractivity contribution is -0.141. The summed E-state index contributed by atoms with van der Waals surface area (Å²) in [5.41, 5.74) is 4.95. The Morgan fingerprint density at radius 3 is 2.67 bits per heavy atom. The molecule has 124 valence electrons. The van der Waals surface area contributed by atoms with E-state index in [2.05, 4.69) is 0 Å². The second kappa shape index (κ2) is 6.48. The van der Waals surface area contributed by atoms with Gasteiger partial charge in [0.1, 0.15) is 0 Å². The van der Waals surface area contributed by atoms with Crippen LogP contribution in [0.4, 0.5) is 0 Å². The van der Waals surface area contributed by atoms with E-state index in [1.807, 2.05) is 56.3 Å². The summed E-state index contributed by atoms with van der Waals surface area (Å²) in [5, 5.41) is 9.52. The van der Waals surface area contributed by atoms with Gasteiger partial charge in [0.15, 0.2) is 0 Å². The average molecular weight is 323 g/mol. The number of carbonyl (C=O) groups is 2. The fraction of sp³-hybridized carbons (Fsp3) is 0.300. The van der Waals surface area contributed by atoms with Gasteiger partial charge in [-0.25, -0.2) is 0 Å². The van der Waals surface area contributed by atoms with Gasteiger partial charge < -0.3 is 10.0 Å². The van der Waals surface area contributed by atoms with Crippen molar-refractivity contribution in [1.82, 2.24) is 4.90 Å². The number of rotatable bonds is 3. The predicted molar refractivity (Wildman–Crippen MR) is 91.9 cm³/mol. The van der Waals surface area contributed by atoms with Crippen LogP contribution in [0.5, 0.6) is 0 Å². The molecule has 3 rings (SSSR count). The quantitative estimate of drug-likeness (QED) is 0.944. The van der Waals surface area contributed by atoms with Crippen LogP contribution >= 0.6 is 0 Å². The first-order valence-corrected chi connectivity index (χ1v) is 8.10. The molecule has 0 saturated heterocycles. The molecule has 1 N–H and O–H groups in total. The summed E-state index contributed by atoms with van der Waals surface area (Å²) >= 11 is 0. The van der Waals surface area contributed by atoms with Gasteiger partial charge in [-0.2, -0.15) is 0 Å². The number of amides is 1. The lowest BCUT2D eigenvalue weighted by atomic mass is 9.89. The monoisotopic (exact) mass is 323 g/mol. The molecule has 2 aromatic rings. The van der Waals surface area contributed by atoms with Gasteiger partial charge >= 0.3 is 5.97 Å². The third kappa shape index (κ3) is 3.18. The fourth-order valence-corrected chi connectivity index (χ4v) is 3.27. The summed E-state index contributed by atoms with van der Waals surface area (Å²) in [6.45, 7) is 4.71. The van der Waals surface area contributed by atoms with E-state index in [4.69, 9.17) is 0 Å². The number of carbonyl (C=O) groups excluding carboxylic acids is 1. The summed E-state index contributed by atoms with van der Waals surface area (Å²) in [4.78, 5) is 26.0. The molecule has 0 saturated carbocycles. The van der Waals surface area contributed by atoms with Crippen molar-refractivity contribution in [3.05, 3.63) is 70.3 Å². The van der Waals surface area contributed by atoms with E-state index in [1.54, 1.807) is 4.90 Å². The summed E-state index contributed by atoms with van der Waals surface area (Å²) < 4.78 is 0. The topological polar surface area (TPSA) is 57.6 Å². The van der Waals surface area contributed by atoms with Crippen molar-refractivity contribution in [1.29, 1.82) is 0 Å². The van der Waals surface area contributed by atoms with Crippen LogP contribution in [0, 0.1) is 13.8 Å². The average Bonchev–Trinajstić information content (AvgIpc) is 2.57. The van der Waals surface area contributed by atoms with Gasteiger partial charge in [0.05, 0.1) is 12.3 Å². The summed E-state index contributed by atoms with van der Waals surface area (Å²) in [7, 11) is 0. The molecule has 4 nitrogen and oxygen atoms in total. The number of benzene rings is 2. The van der Waals surface area contributed by atoms with E-state index in [-0.39, 0.29) is 12.5 Å². The Morgan fingerprint density at radius 1 is 1.17 bits per heavy atom.